The molecule has 1 saturated heterocycles. The average Bonchev–Trinajstić information content (AvgIpc) is 3.49. The van der Waals surface area contributed by atoms with Gasteiger partial charge in [0.05, 0.1) is 0 Å². The van der Waals surface area contributed by atoms with Crippen LogP contribution in [0.5, 0.6) is 0 Å². The molecule has 0 aromatic heterocycles. The summed E-state index contributed by atoms with van der Waals surface area (Å²) in [5.74, 6) is 0. The van der Waals surface area contributed by atoms with Crippen molar-refractivity contribution in [2.24, 2.45) is 0 Å². The summed E-state index contributed by atoms with van der Waals surface area (Å²) < 4.78 is 0. The van der Waals surface area contributed by atoms with Crippen LogP contribution in [0.25, 0.3) is 0 Å². The van der Waals surface area contributed by atoms with E-state index in [9.17, 15) is 4.79 Å². The van der Waals surface area contributed by atoms with Crippen LogP contribution in [0.15, 0.2) is 54.6 Å². The quantitative estimate of drug-likeness (QED) is 0.849. The molecule has 4 rings (SSSR count). The largest absolute Gasteiger partial charge is 0.337 e. The van der Waals surface area contributed by atoms with Crippen molar-refractivity contribution < 1.29 is 4.79 Å². The third kappa shape index (κ3) is 4.45. The van der Waals surface area contributed by atoms with Gasteiger partial charge in [-0.15, -0.1) is 0 Å². The van der Waals surface area contributed by atoms with Gasteiger partial charge in [0.25, 0.3) is 0 Å². The van der Waals surface area contributed by atoms with E-state index in [1.165, 1.54) is 11.1 Å². The highest BCUT2D eigenvalue weighted by Gasteiger charge is 2.44. The van der Waals surface area contributed by atoms with Crippen molar-refractivity contribution in [3.8, 4) is 0 Å². The van der Waals surface area contributed by atoms with Gasteiger partial charge in [-0.05, 0) is 36.1 Å². The number of carbonyl (C=O) groups is 1. The summed E-state index contributed by atoms with van der Waals surface area (Å²) in [7, 11) is 0. The molecule has 0 radical (unpaired) electrons. The molecule has 0 spiro atoms. The molecule has 1 heterocycles. The zero-order valence-corrected chi connectivity index (χ0v) is 16.3. The normalized spacial score (nSPS) is 18.9. The number of benzene rings is 2. The molecular formula is C22H26ClN3O. The number of carbonyl (C=O) groups excluding carboxylic acids is 1. The Labute approximate surface area is 166 Å². The minimum Gasteiger partial charge on any atom is -0.337 e. The van der Waals surface area contributed by atoms with Crippen LogP contribution in [-0.2, 0) is 12.0 Å². The molecule has 1 aliphatic carbocycles. The second-order valence-electron chi connectivity index (χ2n) is 7.69. The lowest BCUT2D eigenvalue weighted by Gasteiger charge is -2.35. The monoisotopic (exact) mass is 383 g/mol. The fourth-order valence-electron chi connectivity index (χ4n) is 3.83. The average molecular weight is 384 g/mol. The van der Waals surface area contributed by atoms with Crippen molar-refractivity contribution in [2.75, 3.05) is 32.7 Å². The van der Waals surface area contributed by atoms with Gasteiger partial charge in [0.2, 0.25) is 0 Å². The molecule has 1 aliphatic heterocycles. The van der Waals surface area contributed by atoms with Gasteiger partial charge in [-0.25, -0.2) is 4.79 Å². The number of rotatable bonds is 5. The van der Waals surface area contributed by atoms with Crippen LogP contribution in [0.2, 0.25) is 5.02 Å². The molecule has 2 aromatic rings. The molecule has 2 aromatic carbocycles. The van der Waals surface area contributed by atoms with Crippen LogP contribution in [-0.4, -0.2) is 48.6 Å². The van der Waals surface area contributed by atoms with Gasteiger partial charge in [-0.2, -0.15) is 0 Å². The molecule has 0 atom stereocenters. The Hall–Kier alpha value is -2.04. The van der Waals surface area contributed by atoms with Crippen LogP contribution >= 0.6 is 11.6 Å². The van der Waals surface area contributed by atoms with E-state index in [-0.39, 0.29) is 11.4 Å². The molecule has 2 fully saturated rings. The molecular weight excluding hydrogens is 358 g/mol. The smallest absolute Gasteiger partial charge is 0.317 e. The number of halogens is 1. The number of nitrogens with zero attached hydrogens (tertiary/aromatic N) is 2. The lowest BCUT2D eigenvalue weighted by molar-refractivity contribution is 0.135. The van der Waals surface area contributed by atoms with Gasteiger partial charge in [-0.1, -0.05) is 54.1 Å². The second kappa shape index (κ2) is 7.91. The summed E-state index contributed by atoms with van der Waals surface area (Å²) in [6.07, 6.45) is 2.25. The fourth-order valence-corrected chi connectivity index (χ4v) is 3.96. The molecule has 5 heteroatoms. The Morgan fingerprint density at radius 1 is 0.963 bits per heavy atom. The summed E-state index contributed by atoms with van der Waals surface area (Å²) in [6, 6.07) is 18.6. The molecule has 2 aliphatic rings. The molecule has 0 unspecified atom stereocenters. The highest BCUT2D eigenvalue weighted by atomic mass is 35.5. The predicted molar refractivity (Wildman–Crippen MR) is 109 cm³/mol. The zero-order valence-electron chi connectivity index (χ0n) is 15.5. The molecule has 1 saturated carbocycles. The molecule has 27 heavy (non-hydrogen) atoms. The number of hydrogen-bond donors (Lipinski definition) is 1. The van der Waals surface area contributed by atoms with Gasteiger partial charge >= 0.3 is 6.03 Å². The first-order chi connectivity index (χ1) is 13.1. The van der Waals surface area contributed by atoms with Gasteiger partial charge in [-0.3, -0.25) is 4.90 Å². The van der Waals surface area contributed by atoms with Crippen molar-refractivity contribution >= 4 is 17.6 Å². The van der Waals surface area contributed by atoms with Crippen LogP contribution in [0.1, 0.15) is 24.0 Å². The van der Waals surface area contributed by atoms with Crippen molar-refractivity contribution in [1.82, 2.24) is 15.1 Å². The minimum absolute atomic E-state index is 0.0644. The highest BCUT2D eigenvalue weighted by molar-refractivity contribution is 6.30. The van der Waals surface area contributed by atoms with Gasteiger partial charge in [0.1, 0.15) is 0 Å². The van der Waals surface area contributed by atoms with Gasteiger partial charge in [0, 0.05) is 49.7 Å². The lowest BCUT2D eigenvalue weighted by atomic mass is 9.96. The molecule has 1 N–H and O–H groups in total. The Balaban J connectivity index is 1.25. The summed E-state index contributed by atoms with van der Waals surface area (Å²) in [6.45, 7) is 5.07. The van der Waals surface area contributed by atoms with Gasteiger partial charge < -0.3 is 10.2 Å². The molecule has 4 nitrogen and oxygen atoms in total. The Bertz CT molecular complexity index is 766. The summed E-state index contributed by atoms with van der Waals surface area (Å²) in [4.78, 5) is 17.0. The van der Waals surface area contributed by atoms with E-state index in [4.69, 9.17) is 11.6 Å². The maximum Gasteiger partial charge on any atom is 0.317 e. The van der Waals surface area contributed by atoms with E-state index >= 15 is 0 Å². The molecule has 0 bridgehead atoms. The van der Waals surface area contributed by atoms with E-state index in [1.54, 1.807) is 0 Å². The fraction of sp³-hybridized carbons (Fsp3) is 0.409. The molecule has 2 amide bonds. The summed E-state index contributed by atoms with van der Waals surface area (Å²) >= 11 is 5.99. The van der Waals surface area contributed by atoms with E-state index < -0.39 is 0 Å². The maximum atomic E-state index is 12.6. The number of urea groups is 1. The van der Waals surface area contributed by atoms with Crippen LogP contribution < -0.4 is 5.32 Å². The van der Waals surface area contributed by atoms with Gasteiger partial charge in [0.15, 0.2) is 0 Å². The minimum atomic E-state index is 0.0644. The number of nitrogens with one attached hydrogen (secondary N) is 1. The SMILES string of the molecule is O=C(NCC1(c2ccc(Cl)cc2)CC1)N1CCN(Cc2ccccc2)CC1. The number of piperazine rings is 1. The van der Waals surface area contributed by atoms with Crippen molar-refractivity contribution in [3.63, 3.8) is 0 Å². The van der Waals surface area contributed by atoms with Crippen LogP contribution in [0, 0.1) is 0 Å². The number of amides is 2. The van der Waals surface area contributed by atoms with E-state index in [2.05, 4.69) is 46.6 Å². The van der Waals surface area contributed by atoms with Crippen molar-refractivity contribution in [3.05, 3.63) is 70.7 Å². The second-order valence-corrected chi connectivity index (χ2v) is 8.13. The zero-order chi connectivity index (χ0) is 18.7. The lowest BCUT2D eigenvalue weighted by Crippen LogP contribution is -2.52. The first-order valence-corrected chi connectivity index (χ1v) is 10.1. The third-order valence-electron chi connectivity index (χ3n) is 5.80. The predicted octanol–water partition coefficient (Wildman–Crippen LogP) is 3.90. The summed E-state index contributed by atoms with van der Waals surface area (Å²) in [5.41, 5.74) is 2.71. The maximum absolute atomic E-state index is 12.6. The van der Waals surface area contributed by atoms with Crippen LogP contribution in [0.3, 0.4) is 0 Å². The molecule has 142 valence electrons. The van der Waals surface area contributed by atoms with E-state index in [1.807, 2.05) is 23.1 Å². The Morgan fingerprint density at radius 3 is 2.26 bits per heavy atom. The number of hydrogen-bond acceptors (Lipinski definition) is 2. The first-order valence-electron chi connectivity index (χ1n) is 9.70. The summed E-state index contributed by atoms with van der Waals surface area (Å²) in [5, 5.41) is 3.92. The first kappa shape index (κ1) is 18.3. The van der Waals surface area contributed by atoms with E-state index in [0.29, 0.717) is 6.54 Å². The topological polar surface area (TPSA) is 35.6 Å². The Kier molecular flexibility index (Phi) is 5.37. The highest BCUT2D eigenvalue weighted by Crippen LogP contribution is 2.47. The van der Waals surface area contributed by atoms with Crippen molar-refractivity contribution in [2.45, 2.75) is 24.8 Å². The van der Waals surface area contributed by atoms with Crippen molar-refractivity contribution in [1.29, 1.82) is 0 Å². The Morgan fingerprint density at radius 2 is 1.63 bits per heavy atom. The standard InChI is InChI=1S/C22H26ClN3O/c23-20-8-6-19(7-9-20)22(10-11-22)17-24-21(27)26-14-12-25(13-15-26)16-18-4-2-1-3-5-18/h1-9H,10-17H2,(H,24,27). The third-order valence-corrected chi connectivity index (χ3v) is 6.05. The van der Waals surface area contributed by atoms with Crippen LogP contribution in [0.4, 0.5) is 4.79 Å². The van der Waals surface area contributed by atoms with E-state index in [0.717, 1.165) is 50.6 Å².